The molecule has 2 aliphatic heterocycles. The number of carbonyl (C=O) groups is 1. The Kier molecular flexibility index (Phi) is 6.48. The van der Waals surface area contributed by atoms with Crippen molar-refractivity contribution in [1.29, 1.82) is 0 Å². The third-order valence-electron chi connectivity index (χ3n) is 6.31. The van der Waals surface area contributed by atoms with Gasteiger partial charge in [-0.05, 0) is 65.0 Å². The van der Waals surface area contributed by atoms with Crippen LogP contribution in [0.1, 0.15) is 52.9 Å². The van der Waals surface area contributed by atoms with Gasteiger partial charge in [-0.1, -0.05) is 23.9 Å². The van der Waals surface area contributed by atoms with Crippen LogP contribution < -0.4 is 5.56 Å². The van der Waals surface area contributed by atoms with Gasteiger partial charge >= 0.3 is 0 Å². The summed E-state index contributed by atoms with van der Waals surface area (Å²) in [4.78, 5) is 33.4. The van der Waals surface area contributed by atoms with Gasteiger partial charge in [-0.25, -0.2) is 4.98 Å². The Balaban J connectivity index is 1.64. The fraction of sp³-hybridized carbons (Fsp3) is 0.609. The SMILES string of the molecule is C[C@@H]1CCC[C@@H](C)N1C(=O)[C@@H](C)Sc1nc2ccccc2c(=O)n1C[C@@H]1CCCO1. The predicted octanol–water partition coefficient (Wildman–Crippen LogP) is 3.85. The zero-order chi connectivity index (χ0) is 21.3. The summed E-state index contributed by atoms with van der Waals surface area (Å²) in [5.74, 6) is 0.130. The zero-order valence-electron chi connectivity index (χ0n) is 18.0. The first kappa shape index (κ1) is 21.4. The van der Waals surface area contributed by atoms with E-state index >= 15 is 0 Å². The summed E-state index contributed by atoms with van der Waals surface area (Å²) in [6.07, 6.45) is 5.25. The summed E-state index contributed by atoms with van der Waals surface area (Å²) in [6, 6.07) is 7.93. The fourth-order valence-corrected chi connectivity index (χ4v) is 5.64. The molecule has 162 valence electrons. The number of amides is 1. The van der Waals surface area contributed by atoms with Crippen LogP contribution in [0.15, 0.2) is 34.2 Å². The van der Waals surface area contributed by atoms with Crippen LogP contribution >= 0.6 is 11.8 Å². The number of benzene rings is 1. The number of hydrogen-bond donors (Lipinski definition) is 0. The number of carbonyl (C=O) groups excluding carboxylic acids is 1. The summed E-state index contributed by atoms with van der Waals surface area (Å²) in [6.45, 7) is 7.41. The molecule has 0 saturated carbocycles. The Morgan fingerprint density at radius 1 is 1.20 bits per heavy atom. The van der Waals surface area contributed by atoms with Crippen molar-refractivity contribution < 1.29 is 9.53 Å². The van der Waals surface area contributed by atoms with Crippen molar-refractivity contribution in [3.8, 4) is 0 Å². The molecule has 2 aromatic rings. The van der Waals surface area contributed by atoms with Crippen molar-refractivity contribution in [1.82, 2.24) is 14.5 Å². The first-order valence-electron chi connectivity index (χ1n) is 11.1. The second kappa shape index (κ2) is 9.10. The van der Waals surface area contributed by atoms with E-state index < -0.39 is 0 Å². The molecule has 0 radical (unpaired) electrons. The van der Waals surface area contributed by atoms with E-state index in [0.29, 0.717) is 22.6 Å². The summed E-state index contributed by atoms with van der Waals surface area (Å²) < 4.78 is 7.50. The minimum Gasteiger partial charge on any atom is -0.376 e. The van der Waals surface area contributed by atoms with Gasteiger partial charge in [0.1, 0.15) is 0 Å². The minimum atomic E-state index is -0.309. The molecule has 0 N–H and O–H groups in total. The van der Waals surface area contributed by atoms with Crippen LogP contribution in [0.2, 0.25) is 0 Å². The average Bonchev–Trinajstić information content (AvgIpc) is 3.24. The Bertz CT molecular complexity index is 960. The Labute approximate surface area is 182 Å². The smallest absolute Gasteiger partial charge is 0.262 e. The molecule has 2 saturated heterocycles. The van der Waals surface area contributed by atoms with Gasteiger partial charge in [0.15, 0.2) is 5.16 Å². The lowest BCUT2D eigenvalue weighted by atomic mass is 9.97. The van der Waals surface area contributed by atoms with E-state index in [-0.39, 0.29) is 34.9 Å². The Morgan fingerprint density at radius 2 is 1.93 bits per heavy atom. The van der Waals surface area contributed by atoms with Crippen molar-refractivity contribution >= 4 is 28.6 Å². The van der Waals surface area contributed by atoms with E-state index in [2.05, 4.69) is 13.8 Å². The molecule has 6 nitrogen and oxygen atoms in total. The van der Waals surface area contributed by atoms with Gasteiger partial charge in [-0.3, -0.25) is 14.2 Å². The molecular weight excluding hydrogens is 398 g/mol. The second-order valence-corrected chi connectivity index (χ2v) is 9.90. The molecule has 1 aromatic carbocycles. The molecule has 7 heteroatoms. The number of ether oxygens (including phenoxy) is 1. The third kappa shape index (κ3) is 4.28. The molecule has 4 rings (SSSR count). The van der Waals surface area contributed by atoms with Crippen LogP contribution in [0.25, 0.3) is 10.9 Å². The molecule has 4 atom stereocenters. The van der Waals surface area contributed by atoms with Crippen molar-refractivity contribution in [3.05, 3.63) is 34.6 Å². The third-order valence-corrected chi connectivity index (χ3v) is 7.39. The van der Waals surface area contributed by atoms with Crippen molar-refractivity contribution in [3.63, 3.8) is 0 Å². The number of rotatable bonds is 5. The van der Waals surface area contributed by atoms with Crippen LogP contribution in [0, 0.1) is 0 Å². The van der Waals surface area contributed by atoms with Gasteiger partial charge in [0, 0.05) is 18.7 Å². The molecule has 0 aliphatic carbocycles. The van der Waals surface area contributed by atoms with Crippen LogP contribution in [-0.2, 0) is 16.1 Å². The van der Waals surface area contributed by atoms with Crippen molar-refractivity contribution in [2.24, 2.45) is 0 Å². The fourth-order valence-electron chi connectivity index (χ4n) is 4.66. The van der Waals surface area contributed by atoms with Gasteiger partial charge in [0.25, 0.3) is 5.56 Å². The summed E-state index contributed by atoms with van der Waals surface area (Å²) in [5, 5.41) is 0.904. The Morgan fingerprint density at radius 3 is 2.63 bits per heavy atom. The van der Waals surface area contributed by atoms with Crippen molar-refractivity contribution in [2.75, 3.05) is 6.61 Å². The van der Waals surface area contributed by atoms with Crippen molar-refractivity contribution in [2.45, 2.75) is 88.0 Å². The standard InChI is InChI=1S/C23H31N3O3S/c1-15-8-6-9-16(2)26(15)21(27)17(3)30-23-24-20-12-5-4-11-19(20)22(28)25(23)14-18-10-7-13-29-18/h4-5,11-12,15-18H,6-10,13-14H2,1-3H3/t15-,16-,17-,18+/m1/s1. The molecule has 3 heterocycles. The molecule has 2 aliphatic rings. The number of likely N-dealkylation sites (tertiary alicyclic amines) is 1. The van der Waals surface area contributed by atoms with Gasteiger partial charge in [0.2, 0.25) is 5.91 Å². The predicted molar refractivity (Wildman–Crippen MR) is 120 cm³/mol. The monoisotopic (exact) mass is 429 g/mol. The first-order chi connectivity index (χ1) is 14.5. The summed E-state index contributed by atoms with van der Waals surface area (Å²) in [7, 11) is 0. The lowest BCUT2D eigenvalue weighted by molar-refractivity contribution is -0.136. The molecule has 1 amide bonds. The largest absolute Gasteiger partial charge is 0.376 e. The quantitative estimate of drug-likeness (QED) is 0.534. The summed E-state index contributed by atoms with van der Waals surface area (Å²) in [5.41, 5.74) is 0.617. The summed E-state index contributed by atoms with van der Waals surface area (Å²) >= 11 is 1.39. The molecule has 1 aromatic heterocycles. The van der Waals surface area contributed by atoms with Gasteiger partial charge < -0.3 is 9.64 Å². The number of piperidine rings is 1. The van der Waals surface area contributed by atoms with Gasteiger partial charge in [-0.2, -0.15) is 0 Å². The topological polar surface area (TPSA) is 64.4 Å². The van der Waals surface area contributed by atoms with E-state index in [4.69, 9.17) is 9.72 Å². The number of fused-ring (bicyclic) bond motifs is 1. The van der Waals surface area contributed by atoms with Crippen LogP contribution in [0.5, 0.6) is 0 Å². The van der Waals surface area contributed by atoms with E-state index in [9.17, 15) is 9.59 Å². The van der Waals surface area contributed by atoms with E-state index in [1.54, 1.807) is 4.57 Å². The highest BCUT2D eigenvalue weighted by atomic mass is 32.2. The highest BCUT2D eigenvalue weighted by Crippen LogP contribution is 2.29. The molecule has 30 heavy (non-hydrogen) atoms. The zero-order valence-corrected chi connectivity index (χ0v) is 18.9. The molecule has 0 bridgehead atoms. The molecule has 0 unspecified atom stereocenters. The lowest BCUT2D eigenvalue weighted by Crippen LogP contribution is -2.50. The maximum atomic E-state index is 13.3. The van der Waals surface area contributed by atoms with Crippen LogP contribution in [0.3, 0.4) is 0 Å². The molecule has 2 fully saturated rings. The molecular formula is C23H31N3O3S. The maximum absolute atomic E-state index is 13.3. The van der Waals surface area contributed by atoms with E-state index in [1.165, 1.54) is 18.2 Å². The van der Waals surface area contributed by atoms with E-state index in [0.717, 1.165) is 32.3 Å². The highest BCUT2D eigenvalue weighted by Gasteiger charge is 2.33. The Hall–Kier alpha value is -1.86. The van der Waals surface area contributed by atoms with E-state index in [1.807, 2.05) is 36.1 Å². The number of nitrogens with zero attached hydrogens (tertiary/aromatic N) is 3. The highest BCUT2D eigenvalue weighted by molar-refractivity contribution is 8.00. The second-order valence-electron chi connectivity index (χ2n) is 8.60. The van der Waals surface area contributed by atoms with Crippen LogP contribution in [0.4, 0.5) is 0 Å². The average molecular weight is 430 g/mol. The van der Waals surface area contributed by atoms with Gasteiger partial charge in [-0.15, -0.1) is 0 Å². The number of thioether (sulfide) groups is 1. The minimum absolute atomic E-state index is 0.0261. The van der Waals surface area contributed by atoms with Crippen LogP contribution in [-0.4, -0.2) is 50.4 Å². The number of aromatic nitrogens is 2. The number of hydrogen-bond acceptors (Lipinski definition) is 5. The lowest BCUT2D eigenvalue weighted by Gasteiger charge is -2.40. The number of para-hydroxylation sites is 1. The normalized spacial score (nSPS) is 25.6. The molecule has 0 spiro atoms. The van der Waals surface area contributed by atoms with Gasteiger partial charge in [0.05, 0.1) is 28.8 Å². The first-order valence-corrected chi connectivity index (χ1v) is 11.9. The maximum Gasteiger partial charge on any atom is 0.262 e.